The fourth-order valence-electron chi connectivity index (χ4n) is 7.40. The minimum absolute atomic E-state index is 0.0296. The average Bonchev–Trinajstić information content (AvgIpc) is 3.89. The third kappa shape index (κ3) is 9.05. The van der Waals surface area contributed by atoms with Crippen molar-refractivity contribution >= 4 is 29.4 Å². The fraction of sp³-hybridized carbons (Fsp3) is 0.605. The Morgan fingerprint density at radius 3 is 2.38 bits per heavy atom. The monoisotopic (exact) mass is 743 g/mol. The highest BCUT2D eigenvalue weighted by Gasteiger charge is 2.42. The fourth-order valence-corrected chi connectivity index (χ4v) is 7.40. The molecule has 3 N–H and O–H groups in total. The number of aromatic nitrogens is 2. The van der Waals surface area contributed by atoms with Gasteiger partial charge in [-0.05, 0) is 94.0 Å². The zero-order chi connectivity index (χ0) is 38.6. The summed E-state index contributed by atoms with van der Waals surface area (Å²) in [5.41, 5.74) is 0.144. The third-order valence-electron chi connectivity index (χ3n) is 11.6. The summed E-state index contributed by atoms with van der Waals surface area (Å²) in [6.45, 7) is 8.87. The van der Waals surface area contributed by atoms with Gasteiger partial charge in [0.15, 0.2) is 0 Å². The van der Waals surface area contributed by atoms with Crippen LogP contribution in [0.1, 0.15) is 94.6 Å². The highest BCUT2D eigenvalue weighted by Crippen LogP contribution is 2.35. The van der Waals surface area contributed by atoms with E-state index in [1.54, 1.807) is 36.9 Å². The van der Waals surface area contributed by atoms with Gasteiger partial charge in [-0.2, -0.15) is 13.9 Å². The number of halogens is 3. The third-order valence-corrected chi connectivity index (χ3v) is 11.6. The minimum atomic E-state index is -1.73. The lowest BCUT2D eigenvalue weighted by atomic mass is 9.81. The Morgan fingerprint density at radius 1 is 1.09 bits per heavy atom. The molecule has 12 nitrogen and oxygen atoms in total. The Morgan fingerprint density at radius 2 is 1.79 bits per heavy atom. The number of amides is 5. The molecule has 1 saturated heterocycles. The Labute approximate surface area is 308 Å². The molecule has 53 heavy (non-hydrogen) atoms. The van der Waals surface area contributed by atoms with E-state index in [9.17, 15) is 28.0 Å². The molecule has 5 amide bonds. The van der Waals surface area contributed by atoms with E-state index in [1.165, 1.54) is 29.1 Å². The van der Waals surface area contributed by atoms with Crippen molar-refractivity contribution in [1.82, 2.24) is 30.2 Å². The Hall–Kier alpha value is -4.40. The summed E-state index contributed by atoms with van der Waals surface area (Å²) in [6, 6.07) is 3.30. The molecule has 3 aliphatic rings. The van der Waals surface area contributed by atoms with Crippen LogP contribution in [0.25, 0.3) is 0 Å². The molecule has 2 aliphatic carbocycles. The molecule has 2 heterocycles. The quantitative estimate of drug-likeness (QED) is 0.256. The summed E-state index contributed by atoms with van der Waals surface area (Å²) in [6.07, 6.45) is 2.75. The number of carbonyl (C=O) groups is 4. The zero-order valence-electron chi connectivity index (χ0n) is 31.4. The molecule has 3 fully saturated rings. The van der Waals surface area contributed by atoms with Crippen molar-refractivity contribution in [3.05, 3.63) is 59.2 Å². The van der Waals surface area contributed by atoms with Crippen molar-refractivity contribution in [3.8, 4) is 0 Å². The number of carbonyl (C=O) groups excluding carboxylic acids is 4. The first-order chi connectivity index (χ1) is 25.2. The second-order valence-corrected chi connectivity index (χ2v) is 14.9. The number of hydrogen-bond donors (Lipinski definition) is 3. The Kier molecular flexibility index (Phi) is 12.6. The highest BCUT2D eigenvalue weighted by atomic mass is 19.3. The Balaban J connectivity index is 1.35. The molecule has 0 spiro atoms. The topological polar surface area (TPSA) is 138 Å². The number of anilines is 1. The molecule has 0 radical (unpaired) electrons. The van der Waals surface area contributed by atoms with Gasteiger partial charge in [0.1, 0.15) is 23.6 Å². The van der Waals surface area contributed by atoms with Crippen molar-refractivity contribution in [2.75, 3.05) is 32.6 Å². The summed E-state index contributed by atoms with van der Waals surface area (Å²) in [4.78, 5) is 57.8. The van der Waals surface area contributed by atoms with E-state index in [0.29, 0.717) is 31.6 Å². The van der Waals surface area contributed by atoms with Gasteiger partial charge in [0.25, 0.3) is 12.0 Å². The SMILES string of the molecule is CCn1nccc1C(=O)N[C@H](C(=O)Nc1ccc([C@H](C)[C@@H](NC(=O)N(C)C2CC2)C(=O)N2CC[C@](C)(OC)[C@H](C)C2)cc1F)C1CCC(=C(F)F)CC1. The Bertz CT molecular complexity index is 1700. The number of methoxy groups -OCH3 is 1. The van der Waals surface area contributed by atoms with Crippen LogP contribution in [0.5, 0.6) is 0 Å². The van der Waals surface area contributed by atoms with Gasteiger partial charge in [-0.3, -0.25) is 19.1 Å². The van der Waals surface area contributed by atoms with Crippen molar-refractivity contribution in [1.29, 1.82) is 0 Å². The molecule has 2 saturated carbocycles. The summed E-state index contributed by atoms with van der Waals surface area (Å²) < 4.78 is 49.7. The van der Waals surface area contributed by atoms with Crippen LogP contribution in [0.15, 0.2) is 42.1 Å². The molecule has 5 atom stereocenters. The number of urea groups is 1. The van der Waals surface area contributed by atoms with Crippen LogP contribution in [0, 0.1) is 17.7 Å². The number of hydrogen-bond acceptors (Lipinski definition) is 6. The minimum Gasteiger partial charge on any atom is -0.378 e. The van der Waals surface area contributed by atoms with Crippen LogP contribution < -0.4 is 16.0 Å². The lowest BCUT2D eigenvalue weighted by Gasteiger charge is -2.44. The summed E-state index contributed by atoms with van der Waals surface area (Å²) >= 11 is 0. The highest BCUT2D eigenvalue weighted by molar-refractivity contribution is 6.00. The van der Waals surface area contributed by atoms with Crippen molar-refractivity contribution in [3.63, 3.8) is 0 Å². The van der Waals surface area contributed by atoms with E-state index in [0.717, 1.165) is 12.8 Å². The predicted molar refractivity (Wildman–Crippen MR) is 193 cm³/mol. The van der Waals surface area contributed by atoms with Crippen LogP contribution in [0.2, 0.25) is 0 Å². The van der Waals surface area contributed by atoms with Gasteiger partial charge < -0.3 is 30.5 Å². The first kappa shape index (κ1) is 39.8. The number of aryl methyl sites for hydroxylation is 1. The van der Waals surface area contributed by atoms with Crippen LogP contribution >= 0.6 is 0 Å². The lowest BCUT2D eigenvalue weighted by molar-refractivity contribution is -0.143. The van der Waals surface area contributed by atoms with E-state index in [-0.39, 0.29) is 72.1 Å². The maximum absolute atomic E-state index is 15.9. The van der Waals surface area contributed by atoms with Gasteiger partial charge in [0.2, 0.25) is 11.8 Å². The molecule has 1 aromatic heterocycles. The number of likely N-dealkylation sites (tertiary alicyclic amines) is 1. The molecule has 1 aromatic carbocycles. The standard InChI is InChI=1S/C38H52F3N7O5/c1-7-48-30(16-18-42-48)34(49)44-32(24-8-10-25(11-9-24)33(40)41)35(50)43-29-15-12-26(20-28(29)39)23(3)31(45-37(52)46(5)27-13-14-27)36(51)47-19-17-38(4,53-6)22(2)21-47/h12,15-16,18,20,22-24,27,31-32H,7-11,13-14,17,19,21H2,1-6H3,(H,43,50)(H,44,49)(H,45,52)/t22-,23+,31-,32+,38+/m1/s1. The molecule has 15 heteroatoms. The lowest BCUT2D eigenvalue weighted by Crippen LogP contribution is -2.58. The first-order valence-corrected chi connectivity index (χ1v) is 18.5. The van der Waals surface area contributed by atoms with Gasteiger partial charge in [-0.25, -0.2) is 9.18 Å². The van der Waals surface area contributed by atoms with Gasteiger partial charge in [-0.15, -0.1) is 0 Å². The average molecular weight is 744 g/mol. The van der Waals surface area contributed by atoms with E-state index in [1.807, 2.05) is 20.8 Å². The number of nitrogens with one attached hydrogen (secondary N) is 3. The number of allylic oxidation sites excluding steroid dienone is 1. The summed E-state index contributed by atoms with van der Waals surface area (Å²) in [5, 5.41) is 12.4. The van der Waals surface area contributed by atoms with Gasteiger partial charge in [-0.1, -0.05) is 19.9 Å². The predicted octanol–water partition coefficient (Wildman–Crippen LogP) is 5.67. The molecular formula is C38H52F3N7O5. The van der Waals surface area contributed by atoms with Crippen LogP contribution in [0.4, 0.5) is 23.7 Å². The van der Waals surface area contributed by atoms with Crippen LogP contribution in [-0.4, -0.2) is 94.3 Å². The van der Waals surface area contributed by atoms with Crippen molar-refractivity contribution in [2.24, 2.45) is 11.8 Å². The zero-order valence-corrected chi connectivity index (χ0v) is 31.4. The van der Waals surface area contributed by atoms with Crippen molar-refractivity contribution < 1.29 is 37.1 Å². The van der Waals surface area contributed by atoms with Gasteiger partial charge in [0.05, 0.1) is 11.3 Å². The van der Waals surface area contributed by atoms with E-state index in [4.69, 9.17) is 4.74 Å². The molecule has 0 bridgehead atoms. The number of benzene rings is 1. The van der Waals surface area contributed by atoms with E-state index >= 15 is 4.39 Å². The van der Waals surface area contributed by atoms with Gasteiger partial charge in [0, 0.05) is 57.9 Å². The maximum atomic E-state index is 15.9. The van der Waals surface area contributed by atoms with Crippen molar-refractivity contribution in [2.45, 2.75) is 109 Å². The first-order valence-electron chi connectivity index (χ1n) is 18.5. The molecule has 290 valence electrons. The molecule has 5 rings (SSSR count). The molecule has 1 aliphatic heterocycles. The largest absolute Gasteiger partial charge is 0.378 e. The van der Waals surface area contributed by atoms with E-state index in [2.05, 4.69) is 21.0 Å². The normalized spacial score (nSPS) is 23.4. The maximum Gasteiger partial charge on any atom is 0.318 e. The van der Waals surface area contributed by atoms with E-state index < -0.39 is 47.6 Å². The molecular weight excluding hydrogens is 691 g/mol. The smallest absolute Gasteiger partial charge is 0.318 e. The number of piperidine rings is 1. The number of nitrogens with zero attached hydrogens (tertiary/aromatic N) is 4. The second kappa shape index (κ2) is 16.7. The van der Waals surface area contributed by atoms with Gasteiger partial charge >= 0.3 is 6.03 Å². The summed E-state index contributed by atoms with van der Waals surface area (Å²) in [5.74, 6) is -3.41. The number of rotatable bonds is 12. The molecule has 0 unspecified atom stereocenters. The van der Waals surface area contributed by atoms with Crippen LogP contribution in [0.3, 0.4) is 0 Å². The second-order valence-electron chi connectivity index (χ2n) is 14.9. The molecule has 2 aromatic rings. The van der Waals surface area contributed by atoms with Crippen LogP contribution in [-0.2, 0) is 20.9 Å². The summed E-state index contributed by atoms with van der Waals surface area (Å²) in [7, 11) is 3.35. The number of ether oxygens (including phenoxy) is 1.